The number of ether oxygens (including phenoxy) is 2. The molecule has 0 aliphatic carbocycles. The van der Waals surface area contributed by atoms with Crippen molar-refractivity contribution in [2.24, 2.45) is 0 Å². The van der Waals surface area contributed by atoms with Crippen LogP contribution in [0.5, 0.6) is 5.75 Å². The van der Waals surface area contributed by atoms with Crippen molar-refractivity contribution in [3.8, 4) is 5.75 Å². The smallest absolute Gasteiger partial charge is 0.255 e. The fourth-order valence-electron chi connectivity index (χ4n) is 2.61. The molecule has 0 spiro atoms. The van der Waals surface area contributed by atoms with Gasteiger partial charge in [0, 0.05) is 16.6 Å². The Balaban J connectivity index is 1.65. The lowest BCUT2D eigenvalue weighted by Crippen LogP contribution is -2.17. The van der Waals surface area contributed by atoms with Crippen LogP contribution in [0.1, 0.15) is 28.8 Å². The van der Waals surface area contributed by atoms with Gasteiger partial charge in [0.1, 0.15) is 12.4 Å². The summed E-state index contributed by atoms with van der Waals surface area (Å²) in [6.45, 7) is 3.34. The first kappa shape index (κ1) is 17.0. The van der Waals surface area contributed by atoms with E-state index in [0.717, 1.165) is 35.2 Å². The number of nitrogens with one attached hydrogen (secondary N) is 1. The second kappa shape index (κ2) is 7.81. The van der Waals surface area contributed by atoms with Crippen LogP contribution in [-0.4, -0.2) is 25.2 Å². The van der Waals surface area contributed by atoms with Crippen molar-refractivity contribution < 1.29 is 14.3 Å². The largest absolute Gasteiger partial charge is 0.491 e. The number of amides is 1. The Kier molecular flexibility index (Phi) is 5.53. The van der Waals surface area contributed by atoms with E-state index in [-0.39, 0.29) is 12.0 Å². The minimum atomic E-state index is -0.165. The minimum Gasteiger partial charge on any atom is -0.491 e. The van der Waals surface area contributed by atoms with Gasteiger partial charge < -0.3 is 14.8 Å². The van der Waals surface area contributed by atoms with E-state index >= 15 is 0 Å². The van der Waals surface area contributed by atoms with E-state index in [1.54, 1.807) is 12.1 Å². The molecular weight excluding hydrogens is 370 g/mol. The van der Waals surface area contributed by atoms with Gasteiger partial charge in [-0.05, 0) is 71.6 Å². The molecule has 5 heteroatoms. The number of anilines is 1. The standard InChI is InChI=1S/C19H20BrNO3/c1-13-7-8-18(17(20)10-13)21-19(22)14-4-2-5-15(11-14)24-12-16-6-3-9-23-16/h2,4-5,7-8,10-11,16H,3,6,9,12H2,1H3,(H,21,22)/t16-/m1/s1. The molecule has 1 amide bonds. The quantitative estimate of drug-likeness (QED) is 0.814. The van der Waals surface area contributed by atoms with Gasteiger partial charge in [-0.25, -0.2) is 0 Å². The third-order valence-electron chi connectivity index (χ3n) is 3.93. The van der Waals surface area contributed by atoms with Gasteiger partial charge in [0.15, 0.2) is 0 Å². The first-order valence-corrected chi connectivity index (χ1v) is 8.83. The second-order valence-corrected chi connectivity index (χ2v) is 6.77. The maximum atomic E-state index is 12.5. The van der Waals surface area contributed by atoms with Gasteiger partial charge in [-0.3, -0.25) is 4.79 Å². The van der Waals surface area contributed by atoms with E-state index < -0.39 is 0 Å². The molecule has 0 bridgehead atoms. The molecule has 1 aliphatic rings. The Hall–Kier alpha value is -1.85. The summed E-state index contributed by atoms with van der Waals surface area (Å²) in [4.78, 5) is 12.5. The fourth-order valence-corrected chi connectivity index (χ4v) is 3.20. The van der Waals surface area contributed by atoms with Crippen molar-refractivity contribution in [3.05, 3.63) is 58.1 Å². The normalized spacial score (nSPS) is 16.8. The number of carbonyl (C=O) groups excluding carboxylic acids is 1. The lowest BCUT2D eigenvalue weighted by molar-refractivity contribution is 0.0679. The first-order chi connectivity index (χ1) is 11.6. The van der Waals surface area contributed by atoms with Gasteiger partial charge in [0.05, 0.1) is 11.8 Å². The van der Waals surface area contributed by atoms with Gasteiger partial charge in [-0.1, -0.05) is 12.1 Å². The zero-order chi connectivity index (χ0) is 16.9. The number of benzene rings is 2. The average molecular weight is 390 g/mol. The summed E-state index contributed by atoms with van der Waals surface area (Å²) < 4.78 is 12.2. The number of aryl methyl sites for hydroxylation is 1. The average Bonchev–Trinajstić information content (AvgIpc) is 3.09. The van der Waals surface area contributed by atoms with Crippen molar-refractivity contribution in [1.29, 1.82) is 0 Å². The lowest BCUT2D eigenvalue weighted by Gasteiger charge is -2.12. The van der Waals surface area contributed by atoms with Crippen molar-refractivity contribution in [3.63, 3.8) is 0 Å². The molecule has 0 unspecified atom stereocenters. The Bertz CT molecular complexity index is 726. The van der Waals surface area contributed by atoms with Crippen LogP contribution >= 0.6 is 15.9 Å². The number of hydrogen-bond acceptors (Lipinski definition) is 3. The van der Waals surface area contributed by atoms with Crippen LogP contribution in [0.4, 0.5) is 5.69 Å². The molecule has 2 aromatic rings. The van der Waals surface area contributed by atoms with Gasteiger partial charge in [0.2, 0.25) is 0 Å². The first-order valence-electron chi connectivity index (χ1n) is 8.04. The van der Waals surface area contributed by atoms with Gasteiger partial charge >= 0.3 is 0 Å². The molecule has 2 aromatic carbocycles. The SMILES string of the molecule is Cc1ccc(NC(=O)c2cccc(OC[C@H]3CCCO3)c2)c(Br)c1. The Labute approximate surface area is 150 Å². The molecule has 1 N–H and O–H groups in total. The molecule has 0 radical (unpaired) electrons. The predicted octanol–water partition coefficient (Wildman–Crippen LogP) is 4.57. The van der Waals surface area contributed by atoms with E-state index in [9.17, 15) is 4.79 Å². The highest BCUT2D eigenvalue weighted by molar-refractivity contribution is 9.10. The summed E-state index contributed by atoms with van der Waals surface area (Å²) in [7, 11) is 0. The molecule has 1 saturated heterocycles. The van der Waals surface area contributed by atoms with Crippen LogP contribution in [0.3, 0.4) is 0 Å². The molecule has 126 valence electrons. The number of halogens is 1. The number of carbonyl (C=O) groups is 1. The van der Waals surface area contributed by atoms with Crippen molar-refractivity contribution in [1.82, 2.24) is 0 Å². The predicted molar refractivity (Wildman–Crippen MR) is 97.7 cm³/mol. The summed E-state index contributed by atoms with van der Waals surface area (Å²) in [5, 5.41) is 2.91. The third kappa shape index (κ3) is 4.36. The summed E-state index contributed by atoms with van der Waals surface area (Å²) in [6.07, 6.45) is 2.27. The van der Waals surface area contributed by atoms with Crippen LogP contribution in [-0.2, 0) is 4.74 Å². The maximum absolute atomic E-state index is 12.5. The van der Waals surface area contributed by atoms with Gasteiger partial charge in [-0.15, -0.1) is 0 Å². The molecule has 0 aromatic heterocycles. The zero-order valence-corrected chi connectivity index (χ0v) is 15.1. The van der Waals surface area contributed by atoms with Crippen molar-refractivity contribution in [2.75, 3.05) is 18.5 Å². The highest BCUT2D eigenvalue weighted by Crippen LogP contribution is 2.24. The molecular formula is C19H20BrNO3. The Morgan fingerprint density at radius 3 is 2.96 bits per heavy atom. The van der Waals surface area contributed by atoms with E-state index in [4.69, 9.17) is 9.47 Å². The third-order valence-corrected chi connectivity index (χ3v) is 4.58. The van der Waals surface area contributed by atoms with Crippen LogP contribution in [0.25, 0.3) is 0 Å². The topological polar surface area (TPSA) is 47.6 Å². The fraction of sp³-hybridized carbons (Fsp3) is 0.316. The second-order valence-electron chi connectivity index (χ2n) is 5.91. The van der Waals surface area contributed by atoms with Crippen molar-refractivity contribution >= 4 is 27.5 Å². The van der Waals surface area contributed by atoms with E-state index in [2.05, 4.69) is 21.2 Å². The number of hydrogen-bond donors (Lipinski definition) is 1. The molecule has 1 atom stereocenters. The summed E-state index contributed by atoms with van der Waals surface area (Å²) in [5.74, 6) is 0.517. The molecule has 3 rings (SSSR count). The van der Waals surface area contributed by atoms with Gasteiger partial charge in [0.25, 0.3) is 5.91 Å². The summed E-state index contributed by atoms with van der Waals surface area (Å²) in [6, 6.07) is 13.0. The molecule has 4 nitrogen and oxygen atoms in total. The highest BCUT2D eigenvalue weighted by atomic mass is 79.9. The monoisotopic (exact) mass is 389 g/mol. The highest BCUT2D eigenvalue weighted by Gasteiger charge is 2.16. The lowest BCUT2D eigenvalue weighted by atomic mass is 10.2. The molecule has 1 fully saturated rings. The maximum Gasteiger partial charge on any atom is 0.255 e. The Morgan fingerprint density at radius 1 is 1.33 bits per heavy atom. The summed E-state index contributed by atoms with van der Waals surface area (Å²) in [5.41, 5.74) is 2.44. The van der Waals surface area contributed by atoms with Gasteiger partial charge in [-0.2, -0.15) is 0 Å². The summed E-state index contributed by atoms with van der Waals surface area (Å²) >= 11 is 3.47. The van der Waals surface area contributed by atoms with E-state index in [1.807, 2.05) is 37.3 Å². The van der Waals surface area contributed by atoms with Crippen molar-refractivity contribution in [2.45, 2.75) is 25.9 Å². The van der Waals surface area contributed by atoms with Crippen LogP contribution in [0.15, 0.2) is 46.9 Å². The molecule has 24 heavy (non-hydrogen) atoms. The number of rotatable bonds is 5. The van der Waals surface area contributed by atoms with E-state index in [0.29, 0.717) is 17.9 Å². The zero-order valence-electron chi connectivity index (χ0n) is 13.5. The molecule has 1 aliphatic heterocycles. The van der Waals surface area contributed by atoms with E-state index in [1.165, 1.54) is 0 Å². The molecule has 0 saturated carbocycles. The Morgan fingerprint density at radius 2 is 2.21 bits per heavy atom. The minimum absolute atomic E-state index is 0.158. The molecule has 1 heterocycles. The van der Waals surface area contributed by atoms with Crippen LogP contribution in [0, 0.1) is 6.92 Å². The van der Waals surface area contributed by atoms with Crippen LogP contribution < -0.4 is 10.1 Å². The van der Waals surface area contributed by atoms with Crippen LogP contribution in [0.2, 0.25) is 0 Å².